The molecule has 2 rings (SSSR count). The summed E-state index contributed by atoms with van der Waals surface area (Å²) in [5.74, 6) is -0.700. The number of nitrogens with zero attached hydrogens (tertiary/aromatic N) is 1. The quantitative estimate of drug-likeness (QED) is 0.452. The van der Waals surface area contributed by atoms with Gasteiger partial charge in [-0.15, -0.1) is 0 Å². The highest BCUT2D eigenvalue weighted by molar-refractivity contribution is 6.30. The number of nitro groups is 1. The molecule has 2 aromatic carbocycles. The van der Waals surface area contributed by atoms with Gasteiger partial charge in [0.05, 0.1) is 17.1 Å². The van der Waals surface area contributed by atoms with Gasteiger partial charge in [0, 0.05) is 29.4 Å². The van der Waals surface area contributed by atoms with Crippen LogP contribution in [-0.2, 0) is 11.3 Å². The van der Waals surface area contributed by atoms with Crippen LogP contribution in [0.1, 0.15) is 15.9 Å². The molecule has 2 aromatic rings. The van der Waals surface area contributed by atoms with Crippen molar-refractivity contribution in [3.63, 3.8) is 0 Å². The number of esters is 1. The smallest absolute Gasteiger partial charge is 0.340 e. The largest absolute Gasteiger partial charge is 0.457 e. The van der Waals surface area contributed by atoms with E-state index in [0.717, 1.165) is 11.6 Å². The lowest BCUT2D eigenvalue weighted by Gasteiger charge is -2.11. The maximum Gasteiger partial charge on any atom is 0.340 e. The van der Waals surface area contributed by atoms with Crippen LogP contribution in [0.2, 0.25) is 5.02 Å². The Balaban J connectivity index is 2.17. The highest BCUT2D eigenvalue weighted by atomic mass is 35.5. The van der Waals surface area contributed by atoms with Crippen LogP contribution >= 0.6 is 11.6 Å². The number of nitro benzene ring substituents is 1. The van der Waals surface area contributed by atoms with Crippen molar-refractivity contribution in [3.05, 3.63) is 68.7 Å². The summed E-state index contributed by atoms with van der Waals surface area (Å²) >= 11 is 5.79. The van der Waals surface area contributed by atoms with Crippen molar-refractivity contribution in [2.24, 2.45) is 0 Å². The molecular weight excluding hydrogens is 336 g/mol. The summed E-state index contributed by atoms with van der Waals surface area (Å²) in [6, 6.07) is 10.6. The van der Waals surface area contributed by atoms with E-state index in [-0.39, 0.29) is 31.0 Å². The number of benzene rings is 2. The second kappa shape index (κ2) is 8.28. The fraction of sp³-hybridized carbons (Fsp3) is 0.188. The first kappa shape index (κ1) is 17.7. The lowest BCUT2D eigenvalue weighted by molar-refractivity contribution is -0.384. The molecule has 0 aromatic heterocycles. The van der Waals surface area contributed by atoms with Crippen LogP contribution in [-0.4, -0.2) is 29.2 Å². The second-order valence-corrected chi connectivity index (χ2v) is 5.28. The molecule has 0 saturated heterocycles. The molecule has 0 fully saturated rings. The van der Waals surface area contributed by atoms with Crippen molar-refractivity contribution in [1.29, 1.82) is 0 Å². The molecule has 0 aliphatic heterocycles. The minimum Gasteiger partial charge on any atom is -0.457 e. The summed E-state index contributed by atoms with van der Waals surface area (Å²) in [5.41, 5.74) is 0.911. The third-order valence-corrected chi connectivity index (χ3v) is 3.40. The van der Waals surface area contributed by atoms with Gasteiger partial charge in [0.1, 0.15) is 6.61 Å². The zero-order valence-corrected chi connectivity index (χ0v) is 13.3. The lowest BCUT2D eigenvalue weighted by Crippen LogP contribution is -2.13. The number of hydrogen-bond donors (Lipinski definition) is 2. The number of non-ortho nitro benzene ring substituents is 1. The van der Waals surface area contributed by atoms with Gasteiger partial charge in [-0.1, -0.05) is 23.7 Å². The number of nitrogens with one attached hydrogen (secondary N) is 1. The Morgan fingerprint density at radius 2 is 1.96 bits per heavy atom. The fourth-order valence-electron chi connectivity index (χ4n) is 1.97. The molecule has 0 atom stereocenters. The number of hydrogen-bond acceptors (Lipinski definition) is 6. The van der Waals surface area contributed by atoms with Gasteiger partial charge in [-0.2, -0.15) is 0 Å². The van der Waals surface area contributed by atoms with Gasteiger partial charge < -0.3 is 15.2 Å². The number of ether oxygens (including phenoxy) is 1. The molecule has 24 heavy (non-hydrogen) atoms. The number of rotatable bonds is 7. The molecule has 7 nitrogen and oxygen atoms in total. The Kier molecular flexibility index (Phi) is 6.11. The van der Waals surface area contributed by atoms with Gasteiger partial charge in [-0.05, 0) is 23.8 Å². The average molecular weight is 351 g/mol. The van der Waals surface area contributed by atoms with Gasteiger partial charge in [-0.3, -0.25) is 10.1 Å². The predicted octanol–water partition coefficient (Wildman–Crippen LogP) is 3.01. The van der Waals surface area contributed by atoms with Crippen molar-refractivity contribution in [3.8, 4) is 0 Å². The first-order chi connectivity index (χ1) is 11.5. The predicted molar refractivity (Wildman–Crippen MR) is 89.2 cm³/mol. The number of aliphatic hydroxyl groups is 1. The van der Waals surface area contributed by atoms with Crippen molar-refractivity contribution >= 4 is 28.9 Å². The summed E-state index contributed by atoms with van der Waals surface area (Å²) in [6.45, 7) is 0.0731. The standard InChI is InChI=1S/C16H15ClN2O5/c17-12-3-1-11(2-4-12)10-24-16(21)14-9-13(19(22)23)5-6-15(14)18-7-8-20/h1-6,9,18,20H,7-8,10H2. The number of aliphatic hydroxyl groups excluding tert-OH is 1. The van der Waals surface area contributed by atoms with Crippen LogP contribution in [0.25, 0.3) is 0 Å². The first-order valence-corrected chi connectivity index (χ1v) is 7.44. The third-order valence-electron chi connectivity index (χ3n) is 3.14. The number of anilines is 1. The van der Waals surface area contributed by atoms with E-state index in [9.17, 15) is 14.9 Å². The summed E-state index contributed by atoms with van der Waals surface area (Å²) in [6.07, 6.45) is 0. The van der Waals surface area contributed by atoms with Crippen LogP contribution < -0.4 is 5.32 Å². The number of carbonyl (C=O) groups is 1. The van der Waals surface area contributed by atoms with Crippen molar-refractivity contribution in [1.82, 2.24) is 0 Å². The van der Waals surface area contributed by atoms with Crippen molar-refractivity contribution in [2.45, 2.75) is 6.61 Å². The van der Waals surface area contributed by atoms with E-state index in [1.165, 1.54) is 12.1 Å². The molecule has 0 heterocycles. The van der Waals surface area contributed by atoms with Crippen LogP contribution in [0.4, 0.5) is 11.4 Å². The molecule has 0 unspecified atom stereocenters. The molecule has 0 bridgehead atoms. The summed E-state index contributed by atoms with van der Waals surface area (Å²) in [5, 5.41) is 23.2. The van der Waals surface area contributed by atoms with Gasteiger partial charge >= 0.3 is 5.97 Å². The third kappa shape index (κ3) is 4.68. The highest BCUT2D eigenvalue weighted by Crippen LogP contribution is 2.23. The molecule has 0 saturated carbocycles. The van der Waals surface area contributed by atoms with Crippen LogP contribution in [0.5, 0.6) is 0 Å². The van der Waals surface area contributed by atoms with E-state index < -0.39 is 10.9 Å². The SMILES string of the molecule is O=C(OCc1ccc(Cl)cc1)c1cc([N+](=O)[O-])ccc1NCCO. The Labute approximate surface area is 143 Å². The maximum atomic E-state index is 12.3. The summed E-state index contributed by atoms with van der Waals surface area (Å²) < 4.78 is 5.20. The minimum absolute atomic E-state index is 0.0120. The van der Waals surface area contributed by atoms with E-state index >= 15 is 0 Å². The molecule has 0 radical (unpaired) electrons. The van der Waals surface area contributed by atoms with E-state index in [1.54, 1.807) is 24.3 Å². The summed E-state index contributed by atoms with van der Waals surface area (Å²) in [4.78, 5) is 22.6. The molecule has 0 spiro atoms. The topological polar surface area (TPSA) is 102 Å². The van der Waals surface area contributed by atoms with Crippen LogP contribution in [0.15, 0.2) is 42.5 Å². The van der Waals surface area contributed by atoms with E-state index in [0.29, 0.717) is 10.7 Å². The zero-order valence-electron chi connectivity index (χ0n) is 12.6. The molecule has 126 valence electrons. The molecule has 8 heteroatoms. The van der Waals surface area contributed by atoms with Gasteiger partial charge in [-0.25, -0.2) is 4.79 Å². The van der Waals surface area contributed by atoms with Gasteiger partial charge in [0.2, 0.25) is 0 Å². The maximum absolute atomic E-state index is 12.3. The van der Waals surface area contributed by atoms with Crippen LogP contribution in [0, 0.1) is 10.1 Å². The molecule has 0 aliphatic carbocycles. The molecule has 0 amide bonds. The number of carbonyl (C=O) groups excluding carboxylic acids is 1. The lowest BCUT2D eigenvalue weighted by atomic mass is 10.1. The Hall–Kier alpha value is -2.64. The highest BCUT2D eigenvalue weighted by Gasteiger charge is 2.18. The summed E-state index contributed by atoms with van der Waals surface area (Å²) in [7, 11) is 0. The van der Waals surface area contributed by atoms with Crippen molar-refractivity contribution < 1.29 is 19.6 Å². The molecular formula is C16H15ClN2O5. The Morgan fingerprint density at radius 1 is 1.25 bits per heavy atom. The van der Waals surface area contributed by atoms with Crippen LogP contribution in [0.3, 0.4) is 0 Å². The zero-order chi connectivity index (χ0) is 17.5. The Bertz CT molecular complexity index is 734. The molecule has 0 aliphatic rings. The van der Waals surface area contributed by atoms with E-state index in [1.807, 2.05) is 0 Å². The normalized spacial score (nSPS) is 10.2. The number of halogens is 1. The second-order valence-electron chi connectivity index (χ2n) is 4.84. The van der Waals surface area contributed by atoms with Gasteiger partial charge in [0.25, 0.3) is 5.69 Å². The monoisotopic (exact) mass is 350 g/mol. The fourth-order valence-corrected chi connectivity index (χ4v) is 2.09. The molecule has 2 N–H and O–H groups in total. The van der Waals surface area contributed by atoms with E-state index in [2.05, 4.69) is 5.32 Å². The van der Waals surface area contributed by atoms with E-state index in [4.69, 9.17) is 21.4 Å². The van der Waals surface area contributed by atoms with Crippen molar-refractivity contribution in [2.75, 3.05) is 18.5 Å². The minimum atomic E-state index is -0.700. The van der Waals surface area contributed by atoms with Gasteiger partial charge in [0.15, 0.2) is 0 Å². The average Bonchev–Trinajstić information content (AvgIpc) is 2.59. The Morgan fingerprint density at radius 3 is 2.58 bits per heavy atom. The first-order valence-electron chi connectivity index (χ1n) is 7.06.